The van der Waals surface area contributed by atoms with E-state index in [2.05, 4.69) is 25.0 Å². The number of morpholine rings is 1. The first kappa shape index (κ1) is 33.7. The van der Waals surface area contributed by atoms with Gasteiger partial charge in [-0.05, 0) is 44.7 Å². The van der Waals surface area contributed by atoms with Gasteiger partial charge in [0.15, 0.2) is 0 Å². The van der Waals surface area contributed by atoms with Crippen molar-refractivity contribution in [3.05, 3.63) is 55.6 Å². The van der Waals surface area contributed by atoms with Gasteiger partial charge < -0.3 is 24.5 Å². The number of para-hydroxylation sites is 1. The fourth-order valence-corrected chi connectivity index (χ4v) is 10.3. The Hall–Kier alpha value is -2.66. The fourth-order valence-electron chi connectivity index (χ4n) is 8.00. The third-order valence-corrected chi connectivity index (χ3v) is 12.2. The number of fused-ring (bicyclic) bond motifs is 1. The van der Waals surface area contributed by atoms with Crippen LogP contribution in [0.3, 0.4) is 0 Å². The molecule has 9 nitrogen and oxygen atoms in total. The zero-order chi connectivity index (χ0) is 32.0. The Morgan fingerprint density at radius 3 is 2.42 bits per heavy atom. The summed E-state index contributed by atoms with van der Waals surface area (Å²) in [5.41, 5.74) is 0.784. The Bertz CT molecular complexity index is 1230. The van der Waals surface area contributed by atoms with Gasteiger partial charge in [-0.2, -0.15) is 0 Å². The number of likely N-dealkylation sites (tertiary alicyclic amines) is 1. The van der Waals surface area contributed by atoms with Gasteiger partial charge in [0, 0.05) is 62.9 Å². The van der Waals surface area contributed by atoms with E-state index in [0.29, 0.717) is 39.4 Å². The normalized spacial score (nSPS) is 29.1. The van der Waals surface area contributed by atoms with Crippen LogP contribution in [0.15, 0.2) is 55.6 Å². The average molecular weight is 639 g/mol. The number of rotatable bonds is 16. The van der Waals surface area contributed by atoms with Crippen LogP contribution in [0.5, 0.6) is 0 Å². The average Bonchev–Trinajstić information content (AvgIpc) is 3.62. The van der Waals surface area contributed by atoms with E-state index in [9.17, 15) is 19.5 Å². The van der Waals surface area contributed by atoms with Crippen molar-refractivity contribution in [3.63, 3.8) is 0 Å². The summed E-state index contributed by atoms with van der Waals surface area (Å²) >= 11 is 1.72. The largest absolute Gasteiger partial charge is 0.396 e. The van der Waals surface area contributed by atoms with Gasteiger partial charge in [0.25, 0.3) is 0 Å². The molecule has 4 aliphatic heterocycles. The van der Waals surface area contributed by atoms with Gasteiger partial charge in [0.1, 0.15) is 6.04 Å². The molecule has 0 saturated carbocycles. The van der Waals surface area contributed by atoms with E-state index in [0.717, 1.165) is 63.8 Å². The van der Waals surface area contributed by atoms with E-state index in [4.69, 9.17) is 4.74 Å². The highest BCUT2D eigenvalue weighted by Gasteiger charge is 2.77. The zero-order valence-electron chi connectivity index (χ0n) is 26.8. The van der Waals surface area contributed by atoms with Gasteiger partial charge in [0.05, 0.1) is 29.8 Å². The lowest BCUT2D eigenvalue weighted by Gasteiger charge is -2.38. The summed E-state index contributed by atoms with van der Waals surface area (Å²) in [6.45, 7) is 15.7. The van der Waals surface area contributed by atoms with Gasteiger partial charge in [-0.1, -0.05) is 43.2 Å². The second kappa shape index (κ2) is 14.8. The highest BCUT2D eigenvalue weighted by atomic mass is 32.2. The van der Waals surface area contributed by atoms with Crippen molar-refractivity contribution >= 4 is 35.2 Å². The predicted octanol–water partition coefficient (Wildman–Crippen LogP) is 3.59. The standard InChI is InChI=1S/C35H50N4O5S/c1-4-17-37(21-20-36-22-25-44-26-23-36)33(43)30-35-16-15-34(3,45-35)28(29(35)32(42)39(30)19-11-6-7-12-24-40)31(41)38(18-5-2)27-13-9-8-10-14-27/h4-5,8-10,13-14,28-30,40H,1-2,6-7,11-12,15-26H2,3H3/t28-,29+,30?,34+,35?/m1/s1. The maximum atomic E-state index is 14.7. The lowest BCUT2D eigenvalue weighted by Crippen LogP contribution is -2.56. The van der Waals surface area contributed by atoms with Crippen molar-refractivity contribution in [1.29, 1.82) is 0 Å². The van der Waals surface area contributed by atoms with Crippen molar-refractivity contribution < 1.29 is 24.2 Å². The summed E-state index contributed by atoms with van der Waals surface area (Å²) in [5.74, 6) is -1.28. The number of unbranched alkanes of at least 4 members (excludes halogenated alkanes) is 3. The summed E-state index contributed by atoms with van der Waals surface area (Å²) in [6, 6.07) is 8.96. The van der Waals surface area contributed by atoms with Crippen LogP contribution >= 0.6 is 11.8 Å². The first-order valence-electron chi connectivity index (χ1n) is 16.6. The number of anilines is 1. The lowest BCUT2D eigenvalue weighted by molar-refractivity contribution is -0.143. The van der Waals surface area contributed by atoms with Crippen LogP contribution in [-0.4, -0.2) is 119 Å². The number of carbonyl (C=O) groups is 3. The van der Waals surface area contributed by atoms with Crippen molar-refractivity contribution in [1.82, 2.24) is 14.7 Å². The van der Waals surface area contributed by atoms with Crippen molar-refractivity contribution in [2.45, 2.75) is 61.0 Å². The fraction of sp³-hybridized carbons (Fsp3) is 0.629. The molecular formula is C35H50N4O5S. The van der Waals surface area contributed by atoms with Crippen molar-refractivity contribution in [2.75, 3.05) is 70.5 Å². The molecule has 2 unspecified atom stereocenters. The van der Waals surface area contributed by atoms with Crippen LogP contribution < -0.4 is 4.90 Å². The SMILES string of the molecule is C=CCN(CCN1CCOCC1)C(=O)C1N(CCCCCCO)C(=O)[C@@H]2[C@H](C(=O)N(CC=C)c3ccccc3)[C@]3(C)CCC12S3. The second-order valence-corrected chi connectivity index (χ2v) is 14.9. The third-order valence-electron chi connectivity index (χ3n) is 10.2. The number of amides is 3. The van der Waals surface area contributed by atoms with Gasteiger partial charge in [0.2, 0.25) is 17.7 Å². The summed E-state index contributed by atoms with van der Waals surface area (Å²) in [6.07, 6.45) is 8.21. The van der Waals surface area contributed by atoms with Crippen LogP contribution in [0.4, 0.5) is 5.69 Å². The lowest BCUT2D eigenvalue weighted by atomic mass is 9.66. The van der Waals surface area contributed by atoms with Crippen LogP contribution in [0.1, 0.15) is 45.4 Å². The summed E-state index contributed by atoms with van der Waals surface area (Å²) < 4.78 is 4.40. The molecule has 2 bridgehead atoms. The highest BCUT2D eigenvalue weighted by Crippen LogP contribution is 2.71. The zero-order valence-corrected chi connectivity index (χ0v) is 27.6. The molecular weight excluding hydrogens is 588 g/mol. The van der Waals surface area contributed by atoms with Gasteiger partial charge >= 0.3 is 0 Å². The minimum atomic E-state index is -0.663. The maximum absolute atomic E-state index is 14.7. The monoisotopic (exact) mass is 638 g/mol. The Morgan fingerprint density at radius 1 is 1.02 bits per heavy atom. The molecule has 5 atom stereocenters. The molecule has 4 fully saturated rings. The molecule has 1 aromatic carbocycles. The number of hydrogen-bond acceptors (Lipinski definition) is 7. The van der Waals surface area contributed by atoms with Crippen molar-refractivity contribution in [2.24, 2.45) is 11.8 Å². The first-order chi connectivity index (χ1) is 21.8. The van der Waals surface area contributed by atoms with E-state index >= 15 is 0 Å². The smallest absolute Gasteiger partial charge is 0.247 e. The number of aliphatic hydroxyl groups excluding tert-OH is 1. The molecule has 1 N–H and O–H groups in total. The van der Waals surface area contributed by atoms with Crippen LogP contribution in [-0.2, 0) is 19.1 Å². The van der Waals surface area contributed by atoms with Gasteiger partial charge in [-0.25, -0.2) is 0 Å². The molecule has 3 amide bonds. The summed E-state index contributed by atoms with van der Waals surface area (Å²) in [5, 5.41) is 9.26. The first-order valence-corrected chi connectivity index (χ1v) is 17.4. The molecule has 45 heavy (non-hydrogen) atoms. The van der Waals surface area contributed by atoms with E-state index in [-0.39, 0.29) is 24.3 Å². The summed E-state index contributed by atoms with van der Waals surface area (Å²) in [7, 11) is 0. The molecule has 4 aliphatic rings. The molecule has 0 radical (unpaired) electrons. The van der Waals surface area contributed by atoms with E-state index < -0.39 is 27.4 Å². The molecule has 1 spiro atoms. The number of carbonyl (C=O) groups excluding carboxylic acids is 3. The molecule has 10 heteroatoms. The quantitative estimate of drug-likeness (QED) is 0.219. The van der Waals surface area contributed by atoms with Gasteiger partial charge in [-0.3, -0.25) is 19.3 Å². The number of thioether (sulfide) groups is 1. The minimum Gasteiger partial charge on any atom is -0.396 e. The number of ether oxygens (including phenoxy) is 1. The number of benzene rings is 1. The Morgan fingerprint density at radius 2 is 1.73 bits per heavy atom. The minimum absolute atomic E-state index is 0.0368. The number of hydrogen-bond donors (Lipinski definition) is 1. The van der Waals surface area contributed by atoms with E-state index in [1.165, 1.54) is 0 Å². The molecule has 5 rings (SSSR count). The maximum Gasteiger partial charge on any atom is 0.247 e. The van der Waals surface area contributed by atoms with E-state index in [1.54, 1.807) is 28.8 Å². The molecule has 0 aliphatic carbocycles. The summed E-state index contributed by atoms with van der Waals surface area (Å²) in [4.78, 5) is 51.7. The molecule has 1 aromatic rings. The second-order valence-electron chi connectivity index (χ2n) is 13.0. The Kier molecular flexibility index (Phi) is 11.1. The Labute approximate surface area is 272 Å². The van der Waals surface area contributed by atoms with Crippen LogP contribution in [0, 0.1) is 11.8 Å². The molecule has 0 aromatic heterocycles. The molecule has 246 valence electrons. The molecule has 4 heterocycles. The number of aliphatic hydroxyl groups is 1. The van der Waals surface area contributed by atoms with Gasteiger partial charge in [-0.15, -0.1) is 24.9 Å². The van der Waals surface area contributed by atoms with Crippen LogP contribution in [0.2, 0.25) is 0 Å². The van der Waals surface area contributed by atoms with E-state index in [1.807, 2.05) is 40.1 Å². The van der Waals surface area contributed by atoms with Crippen molar-refractivity contribution in [3.8, 4) is 0 Å². The third kappa shape index (κ3) is 6.62. The number of nitrogens with zero attached hydrogens (tertiary/aromatic N) is 4. The predicted molar refractivity (Wildman–Crippen MR) is 179 cm³/mol. The topological polar surface area (TPSA) is 93.6 Å². The molecule has 4 saturated heterocycles. The highest BCUT2D eigenvalue weighted by molar-refractivity contribution is 8.02. The van der Waals surface area contributed by atoms with Crippen LogP contribution in [0.25, 0.3) is 0 Å². The Balaban J connectivity index is 1.47.